The molecule has 13 aromatic rings. The standard InChI is InChI=1S/C57H33N3O2/c1-3-12-36-30-38(24-22-34(36)10-1)39-27-29-51-49(32-39)54-47(18-9-21-52(54)61-51)43-16-7-17-44-42(43)15-8-19-48(44)57-59-55(40-25-23-35-11-2-4-13-37(35)31-40)58-56(60-57)41-26-28-46-45-14-5-6-20-50(45)62-53(46)33-41/h1-33H/i2D,4D,11D,13D,18D,23D,25D,29D,31D. The number of rotatable bonds is 5. The van der Waals surface area contributed by atoms with Crippen molar-refractivity contribution in [2.24, 2.45) is 0 Å². The largest absolute Gasteiger partial charge is 0.456 e. The molecule has 5 heteroatoms. The van der Waals surface area contributed by atoms with Crippen molar-refractivity contribution in [3.63, 3.8) is 0 Å². The van der Waals surface area contributed by atoms with Crippen molar-refractivity contribution in [1.29, 1.82) is 0 Å². The molecule has 0 unspecified atom stereocenters. The number of nitrogens with zero attached hydrogens (tertiary/aromatic N) is 3. The Morgan fingerprint density at radius 2 is 1.03 bits per heavy atom. The number of aromatic nitrogens is 3. The lowest BCUT2D eigenvalue weighted by Gasteiger charge is -2.13. The van der Waals surface area contributed by atoms with Crippen molar-refractivity contribution in [3.05, 3.63) is 200 Å². The van der Waals surface area contributed by atoms with Crippen LogP contribution in [0.3, 0.4) is 0 Å². The molecule has 3 aromatic heterocycles. The number of benzene rings is 10. The van der Waals surface area contributed by atoms with Crippen LogP contribution in [0, 0.1) is 0 Å². The van der Waals surface area contributed by atoms with Crippen molar-refractivity contribution < 1.29 is 21.2 Å². The van der Waals surface area contributed by atoms with Crippen LogP contribution in [0.1, 0.15) is 12.3 Å². The van der Waals surface area contributed by atoms with E-state index >= 15 is 0 Å². The first-order valence-electron chi connectivity index (χ1n) is 24.6. The van der Waals surface area contributed by atoms with Crippen LogP contribution in [-0.2, 0) is 0 Å². The van der Waals surface area contributed by atoms with E-state index in [4.69, 9.17) is 32.0 Å². The number of para-hydroxylation sites is 1. The van der Waals surface area contributed by atoms with E-state index in [2.05, 4.69) is 24.3 Å². The molecule has 0 aliphatic rings. The molecule has 0 aliphatic carbocycles. The lowest BCUT2D eigenvalue weighted by Crippen LogP contribution is -2.00. The fraction of sp³-hybridized carbons (Fsp3) is 0. The van der Waals surface area contributed by atoms with Gasteiger partial charge in [-0.05, 0) is 103 Å². The number of hydrogen-bond donors (Lipinski definition) is 0. The Labute approximate surface area is 367 Å². The third kappa shape index (κ3) is 5.52. The zero-order valence-corrected chi connectivity index (χ0v) is 32.5. The summed E-state index contributed by atoms with van der Waals surface area (Å²) in [4.78, 5) is 14.9. The third-order valence-corrected chi connectivity index (χ3v) is 11.6. The Morgan fingerprint density at radius 1 is 0.339 bits per heavy atom. The summed E-state index contributed by atoms with van der Waals surface area (Å²) in [5.41, 5.74) is 6.22. The van der Waals surface area contributed by atoms with E-state index in [0.29, 0.717) is 55.2 Å². The molecular weight excluding hydrogens is 759 g/mol. The molecule has 0 aliphatic heterocycles. The maximum absolute atomic E-state index is 9.44. The second-order valence-corrected chi connectivity index (χ2v) is 15.2. The lowest BCUT2D eigenvalue weighted by molar-refractivity contribution is 0.668. The van der Waals surface area contributed by atoms with Crippen molar-refractivity contribution in [2.45, 2.75) is 0 Å². The van der Waals surface area contributed by atoms with Gasteiger partial charge in [-0.25, -0.2) is 15.0 Å². The predicted octanol–water partition coefficient (Wildman–Crippen LogP) is 15.5. The van der Waals surface area contributed by atoms with Crippen LogP contribution in [0.15, 0.2) is 209 Å². The molecule has 0 saturated heterocycles. The summed E-state index contributed by atoms with van der Waals surface area (Å²) in [6.45, 7) is 0. The summed E-state index contributed by atoms with van der Waals surface area (Å²) < 4.78 is 93.1. The highest BCUT2D eigenvalue weighted by molar-refractivity contribution is 6.17. The summed E-state index contributed by atoms with van der Waals surface area (Å²) in [5.74, 6) is 0.185. The Bertz CT molecular complexity index is 4490. The molecule has 0 fully saturated rings. The van der Waals surface area contributed by atoms with Crippen LogP contribution < -0.4 is 0 Å². The molecule has 3 heterocycles. The summed E-state index contributed by atoms with van der Waals surface area (Å²) in [6, 6.07) is 43.3. The van der Waals surface area contributed by atoms with Crippen LogP contribution in [0.4, 0.5) is 0 Å². The Morgan fingerprint density at radius 3 is 1.95 bits per heavy atom. The van der Waals surface area contributed by atoms with Crippen LogP contribution >= 0.6 is 0 Å². The van der Waals surface area contributed by atoms with E-state index in [-0.39, 0.29) is 45.9 Å². The van der Waals surface area contributed by atoms with E-state index in [1.807, 2.05) is 103 Å². The highest BCUT2D eigenvalue weighted by Gasteiger charge is 2.19. The Balaban J connectivity index is 1.04. The van der Waals surface area contributed by atoms with Gasteiger partial charge in [-0.2, -0.15) is 0 Å². The molecule has 0 amide bonds. The van der Waals surface area contributed by atoms with Gasteiger partial charge in [0.05, 0.1) is 12.3 Å². The smallest absolute Gasteiger partial charge is 0.164 e. The molecule has 13 rings (SSSR count). The summed E-state index contributed by atoms with van der Waals surface area (Å²) in [5, 5.41) is 6.39. The fourth-order valence-corrected chi connectivity index (χ4v) is 8.66. The molecule has 0 N–H and O–H groups in total. The number of hydrogen-bond acceptors (Lipinski definition) is 5. The maximum Gasteiger partial charge on any atom is 0.164 e. The van der Waals surface area contributed by atoms with Crippen LogP contribution in [0.5, 0.6) is 0 Å². The van der Waals surface area contributed by atoms with Gasteiger partial charge >= 0.3 is 0 Å². The van der Waals surface area contributed by atoms with E-state index in [9.17, 15) is 4.11 Å². The molecule has 62 heavy (non-hydrogen) atoms. The maximum atomic E-state index is 9.44. The molecule has 0 bridgehead atoms. The van der Waals surface area contributed by atoms with Gasteiger partial charge in [-0.1, -0.05) is 151 Å². The van der Waals surface area contributed by atoms with Gasteiger partial charge in [0, 0.05) is 38.2 Å². The SMILES string of the molecule is [2H]c1ccc2oc3c([2H])cc(-c4ccc5ccccc5c4)cc3c2c1-c1cccc2c(-c3nc(-c4ccc5c(c4)oc4ccccc45)nc(-c4c([2H])c([2H])c5c([2H])c([2H])c([2H])c([2H])c5c4[2H])n3)cccc12. The highest BCUT2D eigenvalue weighted by Crippen LogP contribution is 2.42. The first-order chi connectivity index (χ1) is 34.4. The van der Waals surface area contributed by atoms with Crippen molar-refractivity contribution in [1.82, 2.24) is 15.0 Å². The van der Waals surface area contributed by atoms with Gasteiger partial charge in [0.15, 0.2) is 17.5 Å². The second-order valence-electron chi connectivity index (χ2n) is 15.2. The van der Waals surface area contributed by atoms with E-state index < -0.39 is 42.3 Å². The zero-order valence-electron chi connectivity index (χ0n) is 41.5. The van der Waals surface area contributed by atoms with Gasteiger partial charge in [-0.15, -0.1) is 0 Å². The van der Waals surface area contributed by atoms with Crippen LogP contribution in [-0.4, -0.2) is 15.0 Å². The molecule has 0 spiro atoms. The van der Waals surface area contributed by atoms with E-state index in [1.54, 1.807) is 18.2 Å². The van der Waals surface area contributed by atoms with Gasteiger partial charge < -0.3 is 8.83 Å². The first-order valence-corrected chi connectivity index (χ1v) is 20.1. The normalized spacial score (nSPS) is 13.9. The molecule has 288 valence electrons. The van der Waals surface area contributed by atoms with Gasteiger partial charge in [0.25, 0.3) is 0 Å². The minimum absolute atomic E-state index is 0.142. The third-order valence-electron chi connectivity index (χ3n) is 11.6. The monoisotopic (exact) mass is 800 g/mol. The van der Waals surface area contributed by atoms with Gasteiger partial charge in [-0.3, -0.25) is 0 Å². The Kier molecular flexibility index (Phi) is 5.83. The highest BCUT2D eigenvalue weighted by atomic mass is 16.3. The summed E-state index contributed by atoms with van der Waals surface area (Å²) >= 11 is 0. The van der Waals surface area contributed by atoms with E-state index in [1.165, 1.54) is 0 Å². The van der Waals surface area contributed by atoms with Crippen molar-refractivity contribution in [3.8, 4) is 56.4 Å². The van der Waals surface area contributed by atoms with Gasteiger partial charge in [0.1, 0.15) is 22.3 Å². The summed E-state index contributed by atoms with van der Waals surface area (Å²) in [6.07, 6.45) is 0. The molecule has 10 aromatic carbocycles. The average molecular weight is 801 g/mol. The zero-order chi connectivity index (χ0) is 48.6. The summed E-state index contributed by atoms with van der Waals surface area (Å²) in [7, 11) is 0. The molecule has 0 atom stereocenters. The number of fused-ring (bicyclic) bond motifs is 9. The molecule has 0 saturated carbocycles. The van der Waals surface area contributed by atoms with Crippen LogP contribution in [0.25, 0.3) is 133 Å². The topological polar surface area (TPSA) is 65.0 Å². The van der Waals surface area contributed by atoms with Crippen molar-refractivity contribution in [2.75, 3.05) is 0 Å². The fourth-order valence-electron chi connectivity index (χ4n) is 8.66. The molecule has 0 radical (unpaired) electrons. The quantitative estimate of drug-likeness (QED) is 0.173. The lowest BCUT2D eigenvalue weighted by atomic mass is 9.92. The first kappa shape index (κ1) is 26.6. The minimum atomic E-state index is -0.567. The van der Waals surface area contributed by atoms with Crippen molar-refractivity contribution >= 4 is 76.2 Å². The molecular formula is C57H33N3O2. The average Bonchev–Trinajstić information content (AvgIpc) is 3.96. The Hall–Kier alpha value is -8.41. The minimum Gasteiger partial charge on any atom is -0.456 e. The van der Waals surface area contributed by atoms with Crippen LogP contribution in [0.2, 0.25) is 0 Å². The van der Waals surface area contributed by atoms with E-state index in [0.717, 1.165) is 43.6 Å². The predicted molar refractivity (Wildman–Crippen MR) is 254 cm³/mol. The second kappa shape index (κ2) is 13.6. The van der Waals surface area contributed by atoms with Gasteiger partial charge in [0.2, 0.25) is 0 Å². The number of furan rings is 2. The molecule has 5 nitrogen and oxygen atoms in total.